The van der Waals surface area contributed by atoms with Crippen LogP contribution in [-0.4, -0.2) is 5.78 Å². The molecule has 0 radical (unpaired) electrons. The van der Waals surface area contributed by atoms with Crippen molar-refractivity contribution in [1.29, 1.82) is 0 Å². The lowest BCUT2D eigenvalue weighted by Crippen LogP contribution is -2.40. The predicted octanol–water partition coefficient (Wildman–Crippen LogP) is 4.62. The molecular formula is C16H28O. The zero-order valence-electron chi connectivity index (χ0n) is 12.1. The van der Waals surface area contributed by atoms with Gasteiger partial charge in [0.1, 0.15) is 5.78 Å². The van der Waals surface area contributed by atoms with Crippen molar-refractivity contribution in [2.24, 2.45) is 23.2 Å². The van der Waals surface area contributed by atoms with Gasteiger partial charge in [0.25, 0.3) is 0 Å². The van der Waals surface area contributed by atoms with Gasteiger partial charge in [-0.05, 0) is 30.1 Å². The molecule has 1 rings (SSSR count). The molecule has 98 valence electrons. The smallest absolute Gasteiger partial charge is 0.136 e. The van der Waals surface area contributed by atoms with E-state index in [0.717, 1.165) is 12.8 Å². The van der Waals surface area contributed by atoms with Gasteiger partial charge >= 0.3 is 0 Å². The van der Waals surface area contributed by atoms with Gasteiger partial charge in [-0.2, -0.15) is 0 Å². The Labute approximate surface area is 107 Å². The fraction of sp³-hybridized carbons (Fsp3) is 0.812. The van der Waals surface area contributed by atoms with Crippen LogP contribution in [0.5, 0.6) is 0 Å². The van der Waals surface area contributed by atoms with E-state index in [9.17, 15) is 4.79 Å². The van der Waals surface area contributed by atoms with Gasteiger partial charge in [-0.1, -0.05) is 53.2 Å². The van der Waals surface area contributed by atoms with Crippen molar-refractivity contribution in [1.82, 2.24) is 0 Å². The Morgan fingerprint density at radius 3 is 2.71 bits per heavy atom. The van der Waals surface area contributed by atoms with Crippen molar-refractivity contribution in [3.05, 3.63) is 12.2 Å². The molecule has 0 N–H and O–H groups in total. The van der Waals surface area contributed by atoms with Gasteiger partial charge in [0.2, 0.25) is 0 Å². The molecule has 0 aromatic heterocycles. The lowest BCUT2D eigenvalue weighted by atomic mass is 9.61. The standard InChI is InChI=1S/C16H28O/c1-6-7-12(2)10-11-16(5)13(3)8-9-15(17)14(16)4/h10-14H,6-9H2,1-5H3/b11-10+. The minimum absolute atomic E-state index is 0.0668. The van der Waals surface area contributed by atoms with Gasteiger partial charge in [0, 0.05) is 12.3 Å². The fourth-order valence-electron chi connectivity index (χ4n) is 2.89. The molecule has 17 heavy (non-hydrogen) atoms. The van der Waals surface area contributed by atoms with Crippen LogP contribution in [0.4, 0.5) is 0 Å². The van der Waals surface area contributed by atoms with Gasteiger partial charge in [0.15, 0.2) is 0 Å². The van der Waals surface area contributed by atoms with Crippen LogP contribution in [0.1, 0.15) is 60.3 Å². The average molecular weight is 236 g/mol. The second-order valence-corrected chi connectivity index (χ2v) is 6.12. The number of carbonyl (C=O) groups is 1. The largest absolute Gasteiger partial charge is 0.299 e. The molecule has 1 saturated carbocycles. The van der Waals surface area contributed by atoms with E-state index in [1.54, 1.807) is 0 Å². The minimum atomic E-state index is 0.0668. The maximum Gasteiger partial charge on any atom is 0.136 e. The Balaban J connectivity index is 2.79. The summed E-state index contributed by atoms with van der Waals surface area (Å²) in [7, 11) is 0. The molecule has 4 atom stereocenters. The van der Waals surface area contributed by atoms with Crippen molar-refractivity contribution >= 4 is 5.78 Å². The summed E-state index contributed by atoms with van der Waals surface area (Å²) >= 11 is 0. The van der Waals surface area contributed by atoms with Crippen LogP contribution >= 0.6 is 0 Å². The van der Waals surface area contributed by atoms with Gasteiger partial charge in [-0.25, -0.2) is 0 Å². The highest BCUT2D eigenvalue weighted by molar-refractivity contribution is 5.82. The molecule has 1 heteroatoms. The van der Waals surface area contributed by atoms with Crippen LogP contribution in [0.25, 0.3) is 0 Å². The van der Waals surface area contributed by atoms with E-state index in [4.69, 9.17) is 0 Å². The van der Waals surface area contributed by atoms with Gasteiger partial charge in [-0.3, -0.25) is 4.79 Å². The molecule has 0 bridgehead atoms. The minimum Gasteiger partial charge on any atom is -0.299 e. The quantitative estimate of drug-likeness (QED) is 0.651. The summed E-state index contributed by atoms with van der Waals surface area (Å²) in [6, 6.07) is 0. The van der Waals surface area contributed by atoms with Gasteiger partial charge in [-0.15, -0.1) is 0 Å². The summed E-state index contributed by atoms with van der Waals surface area (Å²) < 4.78 is 0. The number of hydrogen-bond donors (Lipinski definition) is 0. The van der Waals surface area contributed by atoms with Crippen LogP contribution in [0.2, 0.25) is 0 Å². The molecular weight excluding hydrogens is 208 g/mol. The van der Waals surface area contributed by atoms with E-state index in [1.807, 2.05) is 0 Å². The Morgan fingerprint density at radius 1 is 1.47 bits per heavy atom. The van der Waals surface area contributed by atoms with E-state index in [0.29, 0.717) is 17.6 Å². The van der Waals surface area contributed by atoms with Crippen molar-refractivity contribution in [2.45, 2.75) is 60.3 Å². The number of ketones is 1. The Hall–Kier alpha value is -0.590. The summed E-state index contributed by atoms with van der Waals surface area (Å²) in [6.07, 6.45) is 8.95. The van der Waals surface area contributed by atoms with Crippen LogP contribution < -0.4 is 0 Å². The molecule has 1 aliphatic rings. The lowest BCUT2D eigenvalue weighted by Gasteiger charge is -2.42. The zero-order chi connectivity index (χ0) is 13.1. The highest BCUT2D eigenvalue weighted by Crippen LogP contribution is 2.44. The fourth-order valence-corrected chi connectivity index (χ4v) is 2.89. The summed E-state index contributed by atoms with van der Waals surface area (Å²) in [5.41, 5.74) is 0.0668. The molecule has 0 amide bonds. The second kappa shape index (κ2) is 5.84. The van der Waals surface area contributed by atoms with Crippen LogP contribution in [-0.2, 0) is 4.79 Å². The van der Waals surface area contributed by atoms with Crippen LogP contribution in [0.3, 0.4) is 0 Å². The third-order valence-corrected chi connectivity index (χ3v) is 4.83. The topological polar surface area (TPSA) is 17.1 Å². The Kier molecular flexibility index (Phi) is 4.97. The summed E-state index contributed by atoms with van der Waals surface area (Å²) in [5, 5.41) is 0. The van der Waals surface area contributed by atoms with Crippen molar-refractivity contribution in [3.63, 3.8) is 0 Å². The normalized spacial score (nSPS) is 36.4. The molecule has 0 saturated heterocycles. The number of hydrogen-bond acceptors (Lipinski definition) is 1. The molecule has 0 aliphatic heterocycles. The monoisotopic (exact) mass is 236 g/mol. The Bertz CT molecular complexity index is 292. The molecule has 1 nitrogen and oxygen atoms in total. The lowest BCUT2D eigenvalue weighted by molar-refractivity contribution is -0.129. The summed E-state index contributed by atoms with van der Waals surface area (Å²) in [5.74, 6) is 1.86. The van der Waals surface area contributed by atoms with Gasteiger partial charge < -0.3 is 0 Å². The molecule has 0 aromatic rings. The maximum absolute atomic E-state index is 11.9. The Morgan fingerprint density at radius 2 is 2.12 bits per heavy atom. The van der Waals surface area contributed by atoms with Gasteiger partial charge in [0.05, 0.1) is 0 Å². The first-order chi connectivity index (χ1) is 7.91. The van der Waals surface area contributed by atoms with E-state index in [2.05, 4.69) is 46.8 Å². The number of Topliss-reactive ketones (excluding diaryl/α,β-unsaturated/α-hetero) is 1. The SMILES string of the molecule is CCCC(C)/C=C/C1(C)C(C)CCC(=O)C1C. The molecule has 1 fully saturated rings. The van der Waals surface area contributed by atoms with Crippen LogP contribution in [0, 0.1) is 23.2 Å². The molecule has 4 unspecified atom stereocenters. The highest BCUT2D eigenvalue weighted by atomic mass is 16.1. The van der Waals surface area contributed by atoms with E-state index >= 15 is 0 Å². The number of carbonyl (C=O) groups excluding carboxylic acids is 1. The first kappa shape index (κ1) is 14.5. The van der Waals surface area contributed by atoms with Crippen molar-refractivity contribution in [3.8, 4) is 0 Å². The molecule has 0 aromatic carbocycles. The number of allylic oxidation sites excluding steroid dienone is 2. The highest BCUT2D eigenvalue weighted by Gasteiger charge is 2.41. The predicted molar refractivity (Wildman–Crippen MR) is 73.9 cm³/mol. The van der Waals surface area contributed by atoms with Crippen molar-refractivity contribution < 1.29 is 4.79 Å². The molecule has 0 heterocycles. The molecule has 0 spiro atoms. The molecule has 1 aliphatic carbocycles. The third kappa shape index (κ3) is 3.20. The van der Waals surface area contributed by atoms with E-state index < -0.39 is 0 Å². The third-order valence-electron chi connectivity index (χ3n) is 4.83. The average Bonchev–Trinajstić information content (AvgIpc) is 2.30. The van der Waals surface area contributed by atoms with E-state index in [1.165, 1.54) is 12.8 Å². The first-order valence-corrected chi connectivity index (χ1v) is 7.13. The summed E-state index contributed by atoms with van der Waals surface area (Å²) in [4.78, 5) is 11.9. The zero-order valence-corrected chi connectivity index (χ0v) is 12.1. The first-order valence-electron chi connectivity index (χ1n) is 7.13. The summed E-state index contributed by atoms with van der Waals surface area (Å²) in [6.45, 7) is 11.1. The second-order valence-electron chi connectivity index (χ2n) is 6.12. The van der Waals surface area contributed by atoms with E-state index in [-0.39, 0.29) is 11.3 Å². The van der Waals surface area contributed by atoms with Crippen LogP contribution in [0.15, 0.2) is 12.2 Å². The number of rotatable bonds is 4. The van der Waals surface area contributed by atoms with Crippen molar-refractivity contribution in [2.75, 3.05) is 0 Å². The maximum atomic E-state index is 11.9.